The van der Waals surface area contributed by atoms with Gasteiger partial charge in [0, 0.05) is 20.0 Å². The molecule has 2 rings (SSSR count). The van der Waals surface area contributed by atoms with Crippen LogP contribution in [0.2, 0.25) is 5.02 Å². The topological polar surface area (TPSA) is 66.5 Å². The predicted molar refractivity (Wildman–Crippen MR) is 98.9 cm³/mol. The first-order valence-electron chi connectivity index (χ1n) is 7.89. The van der Waals surface area contributed by atoms with E-state index in [0.717, 1.165) is 5.56 Å². The molecule has 0 aliphatic carbocycles. The lowest BCUT2D eigenvalue weighted by Gasteiger charge is -2.28. The minimum Gasteiger partial charge on any atom is -0.335 e. The van der Waals surface area contributed by atoms with Gasteiger partial charge < -0.3 is 4.90 Å². The Balaban J connectivity index is 2.05. The summed E-state index contributed by atoms with van der Waals surface area (Å²) in [4.78, 5) is 13.6. The van der Waals surface area contributed by atoms with E-state index >= 15 is 0 Å². The van der Waals surface area contributed by atoms with Crippen LogP contribution in [0.25, 0.3) is 0 Å². The highest BCUT2D eigenvalue weighted by atomic mass is 35.5. The van der Waals surface area contributed by atoms with Gasteiger partial charge in [0.1, 0.15) is 4.90 Å². The van der Waals surface area contributed by atoms with Crippen molar-refractivity contribution in [2.45, 2.75) is 24.8 Å². The van der Waals surface area contributed by atoms with E-state index in [2.05, 4.69) is 4.72 Å². The highest BCUT2D eigenvalue weighted by Crippen LogP contribution is 2.21. The van der Waals surface area contributed by atoms with Crippen molar-refractivity contribution in [1.29, 1.82) is 0 Å². The van der Waals surface area contributed by atoms with E-state index in [4.69, 9.17) is 11.6 Å². The fraction of sp³-hybridized carbons (Fsp3) is 0.278. The largest absolute Gasteiger partial charge is 0.335 e. The highest BCUT2D eigenvalue weighted by molar-refractivity contribution is 7.89. The monoisotopic (exact) mass is 380 g/mol. The van der Waals surface area contributed by atoms with Crippen LogP contribution in [0.1, 0.15) is 25.5 Å². The molecule has 0 saturated carbocycles. The number of amides is 1. The molecule has 0 saturated heterocycles. The molecule has 0 heterocycles. The van der Waals surface area contributed by atoms with E-state index in [-0.39, 0.29) is 35.0 Å². The Hall–Kier alpha value is -1.89. The van der Waals surface area contributed by atoms with Crippen LogP contribution < -0.4 is 4.72 Å². The standard InChI is InChI=1S/C18H21ClN2O3S/c1-14(16-8-4-3-5-9-16)21(15(2)22)13-12-20-25(23,24)18-11-7-6-10-17(18)19/h3-11,14,20H,12-13H2,1-2H3. The van der Waals surface area contributed by atoms with Gasteiger partial charge in [0.2, 0.25) is 15.9 Å². The Morgan fingerprint density at radius 3 is 2.32 bits per heavy atom. The number of carbonyl (C=O) groups excluding carboxylic acids is 1. The highest BCUT2D eigenvalue weighted by Gasteiger charge is 2.21. The van der Waals surface area contributed by atoms with Crippen molar-refractivity contribution in [3.63, 3.8) is 0 Å². The summed E-state index contributed by atoms with van der Waals surface area (Å²) in [6.45, 7) is 3.75. The lowest BCUT2D eigenvalue weighted by Crippen LogP contribution is -2.39. The average molecular weight is 381 g/mol. The van der Waals surface area contributed by atoms with E-state index < -0.39 is 10.0 Å². The van der Waals surface area contributed by atoms with Gasteiger partial charge in [-0.05, 0) is 24.6 Å². The number of nitrogens with one attached hydrogen (secondary N) is 1. The molecule has 0 spiro atoms. The molecule has 0 fully saturated rings. The van der Waals surface area contributed by atoms with Crippen LogP contribution in [0.3, 0.4) is 0 Å². The van der Waals surface area contributed by atoms with Crippen LogP contribution in [0.5, 0.6) is 0 Å². The van der Waals surface area contributed by atoms with Crippen molar-refractivity contribution in [3.05, 3.63) is 65.2 Å². The minimum absolute atomic E-state index is 0.0298. The summed E-state index contributed by atoms with van der Waals surface area (Å²) in [7, 11) is -3.72. The van der Waals surface area contributed by atoms with Gasteiger partial charge in [-0.25, -0.2) is 13.1 Å². The molecule has 0 aromatic heterocycles. The van der Waals surface area contributed by atoms with Crippen molar-refractivity contribution in [2.75, 3.05) is 13.1 Å². The van der Waals surface area contributed by atoms with E-state index in [1.807, 2.05) is 37.3 Å². The third-order valence-corrected chi connectivity index (χ3v) is 5.89. The third-order valence-electron chi connectivity index (χ3n) is 3.92. The Kier molecular flexibility index (Phi) is 6.58. The molecule has 0 radical (unpaired) electrons. The summed E-state index contributed by atoms with van der Waals surface area (Å²) < 4.78 is 27.2. The van der Waals surface area contributed by atoms with E-state index in [9.17, 15) is 13.2 Å². The Morgan fingerprint density at radius 2 is 1.72 bits per heavy atom. The van der Waals surface area contributed by atoms with Crippen LogP contribution in [0, 0.1) is 0 Å². The zero-order chi connectivity index (χ0) is 18.4. The first kappa shape index (κ1) is 19.4. The molecule has 25 heavy (non-hydrogen) atoms. The summed E-state index contributed by atoms with van der Waals surface area (Å²) in [5.74, 6) is -0.117. The third kappa shape index (κ3) is 5.04. The van der Waals surface area contributed by atoms with Gasteiger partial charge in [-0.2, -0.15) is 0 Å². The molecule has 1 N–H and O–H groups in total. The van der Waals surface area contributed by atoms with Crippen molar-refractivity contribution in [3.8, 4) is 0 Å². The first-order valence-corrected chi connectivity index (χ1v) is 9.75. The number of carbonyl (C=O) groups is 1. The molecule has 5 nitrogen and oxygen atoms in total. The smallest absolute Gasteiger partial charge is 0.242 e. The van der Waals surface area contributed by atoms with Crippen molar-refractivity contribution >= 4 is 27.5 Å². The molecule has 0 bridgehead atoms. The van der Waals surface area contributed by atoms with Gasteiger partial charge in [-0.1, -0.05) is 54.1 Å². The second-order valence-electron chi connectivity index (χ2n) is 5.63. The lowest BCUT2D eigenvalue weighted by molar-refractivity contribution is -0.130. The van der Waals surface area contributed by atoms with Crippen LogP contribution in [0.4, 0.5) is 0 Å². The normalized spacial score (nSPS) is 12.6. The van der Waals surface area contributed by atoms with Gasteiger partial charge in [0.05, 0.1) is 11.1 Å². The molecule has 0 aliphatic rings. The maximum atomic E-state index is 12.3. The first-order chi connectivity index (χ1) is 11.8. The molecule has 1 amide bonds. The van der Waals surface area contributed by atoms with Crippen molar-refractivity contribution < 1.29 is 13.2 Å². The van der Waals surface area contributed by atoms with Gasteiger partial charge in [0.15, 0.2) is 0 Å². The summed E-state index contributed by atoms with van der Waals surface area (Å²) in [6, 6.07) is 15.7. The molecule has 7 heteroatoms. The van der Waals surface area contributed by atoms with E-state index in [1.54, 1.807) is 17.0 Å². The molecule has 1 unspecified atom stereocenters. The van der Waals surface area contributed by atoms with Crippen molar-refractivity contribution in [2.24, 2.45) is 0 Å². The molecule has 2 aromatic carbocycles. The quantitative estimate of drug-likeness (QED) is 0.801. The number of nitrogens with zero attached hydrogens (tertiary/aromatic N) is 1. The van der Waals surface area contributed by atoms with Crippen LogP contribution >= 0.6 is 11.6 Å². The molecule has 0 aliphatic heterocycles. The molecule has 1 atom stereocenters. The van der Waals surface area contributed by atoms with Crippen LogP contribution in [0.15, 0.2) is 59.5 Å². The number of hydrogen-bond acceptors (Lipinski definition) is 3. The molecule has 134 valence electrons. The summed E-state index contributed by atoms with van der Waals surface area (Å²) in [5.41, 5.74) is 0.992. The molecular formula is C18H21ClN2O3S. The fourth-order valence-corrected chi connectivity index (χ4v) is 4.11. The van der Waals surface area contributed by atoms with E-state index in [0.29, 0.717) is 0 Å². The Morgan fingerprint density at radius 1 is 1.12 bits per heavy atom. The zero-order valence-corrected chi connectivity index (χ0v) is 15.7. The van der Waals surface area contributed by atoms with E-state index in [1.165, 1.54) is 19.1 Å². The van der Waals surface area contributed by atoms with Crippen LogP contribution in [-0.4, -0.2) is 32.3 Å². The predicted octanol–water partition coefficient (Wildman–Crippen LogP) is 3.23. The second-order valence-corrected chi connectivity index (χ2v) is 7.77. The Labute approximate surface area is 153 Å². The van der Waals surface area contributed by atoms with Gasteiger partial charge in [-0.15, -0.1) is 0 Å². The average Bonchev–Trinajstić information content (AvgIpc) is 2.59. The number of halogens is 1. The fourth-order valence-electron chi connectivity index (χ4n) is 2.58. The van der Waals surface area contributed by atoms with Crippen molar-refractivity contribution in [1.82, 2.24) is 9.62 Å². The maximum absolute atomic E-state index is 12.3. The van der Waals surface area contributed by atoms with Gasteiger partial charge in [-0.3, -0.25) is 4.79 Å². The Bertz CT molecular complexity index is 825. The van der Waals surface area contributed by atoms with Crippen LogP contribution in [-0.2, 0) is 14.8 Å². The van der Waals surface area contributed by atoms with Gasteiger partial charge in [0.25, 0.3) is 0 Å². The number of sulfonamides is 1. The maximum Gasteiger partial charge on any atom is 0.242 e. The number of benzene rings is 2. The summed E-state index contributed by atoms with van der Waals surface area (Å²) in [6.07, 6.45) is 0. The SMILES string of the molecule is CC(=O)N(CCNS(=O)(=O)c1ccccc1Cl)C(C)c1ccccc1. The molecule has 2 aromatic rings. The summed E-state index contributed by atoms with van der Waals surface area (Å²) >= 11 is 5.95. The second kappa shape index (κ2) is 8.47. The number of rotatable bonds is 7. The molecular weight excluding hydrogens is 360 g/mol. The number of hydrogen-bond donors (Lipinski definition) is 1. The van der Waals surface area contributed by atoms with Gasteiger partial charge >= 0.3 is 0 Å². The zero-order valence-electron chi connectivity index (χ0n) is 14.1. The summed E-state index contributed by atoms with van der Waals surface area (Å²) in [5, 5.41) is 0.163. The lowest BCUT2D eigenvalue weighted by atomic mass is 10.1. The minimum atomic E-state index is -3.72.